The summed E-state index contributed by atoms with van der Waals surface area (Å²) < 4.78 is 11.2. The van der Waals surface area contributed by atoms with Gasteiger partial charge in [0.15, 0.2) is 18.1 Å². The van der Waals surface area contributed by atoms with Gasteiger partial charge in [-0.25, -0.2) is 0 Å². The first-order valence-corrected chi connectivity index (χ1v) is 9.62. The van der Waals surface area contributed by atoms with Gasteiger partial charge in [-0.2, -0.15) is 0 Å². The molecule has 1 saturated heterocycles. The number of amides is 1. The summed E-state index contributed by atoms with van der Waals surface area (Å²) in [5.41, 5.74) is 1.19. The molecule has 0 aliphatic carbocycles. The summed E-state index contributed by atoms with van der Waals surface area (Å²) in [5.74, 6) is 1.27. The molecule has 6 heteroatoms. The molecule has 0 atom stereocenters. The van der Waals surface area contributed by atoms with Crippen molar-refractivity contribution in [3.63, 3.8) is 0 Å². The van der Waals surface area contributed by atoms with Crippen LogP contribution in [-0.2, 0) is 11.3 Å². The Balaban J connectivity index is 1.46. The normalized spacial score (nSPS) is 14.8. The minimum absolute atomic E-state index is 0.00343. The van der Waals surface area contributed by atoms with Crippen molar-refractivity contribution in [2.24, 2.45) is 0 Å². The third-order valence-corrected chi connectivity index (χ3v) is 4.76. The summed E-state index contributed by atoms with van der Waals surface area (Å²) in [6, 6.07) is 15.3. The number of benzene rings is 2. The molecule has 1 amide bonds. The van der Waals surface area contributed by atoms with Gasteiger partial charge < -0.3 is 14.4 Å². The van der Waals surface area contributed by atoms with Gasteiger partial charge in [0, 0.05) is 37.7 Å². The zero-order valence-electron chi connectivity index (χ0n) is 15.6. The van der Waals surface area contributed by atoms with Crippen LogP contribution in [0.25, 0.3) is 0 Å². The molecule has 0 spiro atoms. The quantitative estimate of drug-likeness (QED) is 0.728. The van der Waals surface area contributed by atoms with Gasteiger partial charge in [-0.1, -0.05) is 35.9 Å². The third kappa shape index (κ3) is 5.62. The average molecular weight is 389 g/mol. The lowest BCUT2D eigenvalue weighted by Gasteiger charge is -2.34. The van der Waals surface area contributed by atoms with Crippen LogP contribution in [0.2, 0.25) is 5.02 Å². The molecular formula is C21H25ClN2O3. The summed E-state index contributed by atoms with van der Waals surface area (Å²) in [4.78, 5) is 16.7. The molecule has 1 aliphatic heterocycles. The van der Waals surface area contributed by atoms with Crippen molar-refractivity contribution in [1.82, 2.24) is 9.80 Å². The second-order valence-corrected chi connectivity index (χ2v) is 6.89. The van der Waals surface area contributed by atoms with Crippen LogP contribution in [0.5, 0.6) is 11.5 Å². The monoisotopic (exact) mass is 388 g/mol. The number of hydrogen-bond acceptors (Lipinski definition) is 4. The highest BCUT2D eigenvalue weighted by Gasteiger charge is 2.21. The molecule has 0 aromatic heterocycles. The first-order valence-electron chi connectivity index (χ1n) is 9.25. The van der Waals surface area contributed by atoms with Crippen LogP contribution in [-0.4, -0.2) is 55.1 Å². The molecular weight excluding hydrogens is 364 g/mol. The maximum absolute atomic E-state index is 12.5. The van der Waals surface area contributed by atoms with Crippen LogP contribution in [0.15, 0.2) is 48.5 Å². The van der Waals surface area contributed by atoms with E-state index in [1.54, 1.807) is 0 Å². The van der Waals surface area contributed by atoms with Crippen LogP contribution >= 0.6 is 11.6 Å². The van der Waals surface area contributed by atoms with E-state index in [0.29, 0.717) is 31.2 Å². The van der Waals surface area contributed by atoms with Gasteiger partial charge in [-0.05, 0) is 36.8 Å². The third-order valence-electron chi connectivity index (χ3n) is 4.52. The highest BCUT2D eigenvalue weighted by molar-refractivity contribution is 6.30. The van der Waals surface area contributed by atoms with Crippen LogP contribution in [0, 0.1) is 0 Å². The predicted molar refractivity (Wildman–Crippen MR) is 106 cm³/mol. The Kier molecular flexibility index (Phi) is 6.96. The van der Waals surface area contributed by atoms with Crippen LogP contribution in [0.4, 0.5) is 0 Å². The van der Waals surface area contributed by atoms with E-state index in [0.717, 1.165) is 24.7 Å². The van der Waals surface area contributed by atoms with Gasteiger partial charge in [0.1, 0.15) is 0 Å². The van der Waals surface area contributed by atoms with E-state index in [-0.39, 0.29) is 12.5 Å². The van der Waals surface area contributed by atoms with E-state index in [1.807, 2.05) is 54.3 Å². The van der Waals surface area contributed by atoms with Crippen molar-refractivity contribution in [3.05, 3.63) is 59.1 Å². The zero-order valence-corrected chi connectivity index (χ0v) is 16.3. The van der Waals surface area contributed by atoms with Gasteiger partial charge >= 0.3 is 0 Å². The topological polar surface area (TPSA) is 42.0 Å². The molecule has 0 N–H and O–H groups in total. The zero-order chi connectivity index (χ0) is 19.1. The minimum Gasteiger partial charge on any atom is -0.490 e. The highest BCUT2D eigenvalue weighted by Crippen LogP contribution is 2.26. The lowest BCUT2D eigenvalue weighted by Crippen LogP contribution is -2.49. The Labute approximate surface area is 165 Å². The molecule has 0 bridgehead atoms. The van der Waals surface area contributed by atoms with E-state index in [4.69, 9.17) is 21.1 Å². The molecule has 144 valence electrons. The number of rotatable bonds is 7. The SMILES string of the molecule is CCOc1ccccc1OCC(=O)N1CCN(Cc2cccc(Cl)c2)CC1. The lowest BCUT2D eigenvalue weighted by molar-refractivity contribution is -0.135. The van der Waals surface area contributed by atoms with Crippen molar-refractivity contribution in [2.75, 3.05) is 39.4 Å². The number of para-hydroxylation sites is 2. The van der Waals surface area contributed by atoms with Crippen molar-refractivity contribution in [1.29, 1.82) is 0 Å². The Hall–Kier alpha value is -2.24. The van der Waals surface area contributed by atoms with E-state index >= 15 is 0 Å². The first kappa shape index (κ1) is 19.5. The first-order chi connectivity index (χ1) is 13.2. The fraction of sp³-hybridized carbons (Fsp3) is 0.381. The Morgan fingerprint density at radius 1 is 1.00 bits per heavy atom. The number of halogens is 1. The maximum Gasteiger partial charge on any atom is 0.260 e. The van der Waals surface area contributed by atoms with Crippen molar-refractivity contribution >= 4 is 17.5 Å². The van der Waals surface area contributed by atoms with Gasteiger partial charge in [0.05, 0.1) is 6.61 Å². The molecule has 0 saturated carbocycles. The van der Waals surface area contributed by atoms with Crippen LogP contribution < -0.4 is 9.47 Å². The summed E-state index contributed by atoms with van der Waals surface area (Å²) in [6.07, 6.45) is 0. The van der Waals surface area contributed by atoms with Gasteiger partial charge in [0.2, 0.25) is 0 Å². The summed E-state index contributed by atoms with van der Waals surface area (Å²) >= 11 is 6.05. The van der Waals surface area contributed by atoms with Gasteiger partial charge in [0.25, 0.3) is 5.91 Å². The van der Waals surface area contributed by atoms with Crippen molar-refractivity contribution in [2.45, 2.75) is 13.5 Å². The Morgan fingerprint density at radius 3 is 2.37 bits per heavy atom. The predicted octanol–water partition coefficient (Wildman–Crippen LogP) is 3.46. The molecule has 27 heavy (non-hydrogen) atoms. The number of piperazine rings is 1. The summed E-state index contributed by atoms with van der Waals surface area (Å²) in [6.45, 7) is 6.44. The second kappa shape index (κ2) is 9.62. The van der Waals surface area contributed by atoms with Crippen molar-refractivity contribution in [3.8, 4) is 11.5 Å². The molecule has 5 nitrogen and oxygen atoms in total. The fourth-order valence-corrected chi connectivity index (χ4v) is 3.34. The minimum atomic E-state index is 0.00343. The van der Waals surface area contributed by atoms with Gasteiger partial charge in [-0.3, -0.25) is 9.69 Å². The highest BCUT2D eigenvalue weighted by atomic mass is 35.5. The number of carbonyl (C=O) groups is 1. The molecule has 1 aliphatic rings. The van der Waals surface area contributed by atoms with E-state index in [2.05, 4.69) is 11.0 Å². The smallest absolute Gasteiger partial charge is 0.260 e. The number of nitrogens with zero attached hydrogens (tertiary/aromatic N) is 2. The molecule has 1 fully saturated rings. The molecule has 0 unspecified atom stereocenters. The van der Waals surface area contributed by atoms with Crippen LogP contribution in [0.1, 0.15) is 12.5 Å². The Morgan fingerprint density at radius 2 is 1.70 bits per heavy atom. The van der Waals surface area contributed by atoms with Crippen molar-refractivity contribution < 1.29 is 14.3 Å². The molecule has 0 radical (unpaired) electrons. The molecule has 1 heterocycles. The summed E-state index contributed by atoms with van der Waals surface area (Å²) in [7, 11) is 0. The second-order valence-electron chi connectivity index (χ2n) is 6.46. The molecule has 2 aromatic rings. The number of ether oxygens (including phenoxy) is 2. The van der Waals surface area contributed by atoms with E-state index in [1.165, 1.54) is 5.56 Å². The number of hydrogen-bond donors (Lipinski definition) is 0. The summed E-state index contributed by atoms with van der Waals surface area (Å²) in [5, 5.41) is 0.755. The largest absolute Gasteiger partial charge is 0.490 e. The van der Waals surface area contributed by atoms with Crippen LogP contribution in [0.3, 0.4) is 0 Å². The standard InChI is InChI=1S/C21H25ClN2O3/c1-2-26-19-8-3-4-9-20(19)27-16-21(25)24-12-10-23(11-13-24)15-17-6-5-7-18(22)14-17/h3-9,14H,2,10-13,15-16H2,1H3. The molecule has 3 rings (SSSR count). The average Bonchev–Trinajstić information content (AvgIpc) is 2.68. The van der Waals surface area contributed by atoms with E-state index in [9.17, 15) is 4.79 Å². The Bertz CT molecular complexity index is 761. The molecule has 2 aromatic carbocycles. The lowest BCUT2D eigenvalue weighted by atomic mass is 10.2. The fourth-order valence-electron chi connectivity index (χ4n) is 3.12. The van der Waals surface area contributed by atoms with E-state index < -0.39 is 0 Å². The van der Waals surface area contributed by atoms with Gasteiger partial charge in [-0.15, -0.1) is 0 Å². The maximum atomic E-state index is 12.5. The number of carbonyl (C=O) groups excluding carboxylic acids is 1.